The molecule has 0 bridgehead atoms. The fraction of sp³-hybridized carbons (Fsp3) is 0.227. The molecule has 0 aliphatic rings. The number of nitrogens with one attached hydrogen (secondary N) is 2. The Bertz CT molecular complexity index is 957. The van der Waals surface area contributed by atoms with Crippen molar-refractivity contribution >= 4 is 17.7 Å². The first kappa shape index (κ1) is 22.6. The van der Waals surface area contributed by atoms with E-state index in [0.29, 0.717) is 5.56 Å². The van der Waals surface area contributed by atoms with Crippen molar-refractivity contribution in [2.45, 2.75) is 19.1 Å². The Morgan fingerprint density at radius 2 is 1.43 bits per heavy atom. The monoisotopic (exact) mass is 409 g/mol. The van der Waals surface area contributed by atoms with Crippen LogP contribution in [0.1, 0.15) is 40.1 Å². The van der Waals surface area contributed by atoms with Gasteiger partial charge in [0, 0.05) is 30.8 Å². The molecule has 0 aromatic heterocycles. The van der Waals surface area contributed by atoms with Crippen molar-refractivity contribution in [1.82, 2.24) is 15.7 Å². The van der Waals surface area contributed by atoms with E-state index < -0.39 is 29.9 Å². The van der Waals surface area contributed by atoms with Crippen LogP contribution in [0, 0.1) is 11.8 Å². The van der Waals surface area contributed by atoms with Gasteiger partial charge in [0.1, 0.15) is 0 Å². The highest BCUT2D eigenvalue weighted by atomic mass is 16.5. The Balaban J connectivity index is 2.15. The highest BCUT2D eigenvalue weighted by Crippen LogP contribution is 2.13. The number of hydrogen-bond acceptors (Lipinski definition) is 5. The zero-order valence-electron chi connectivity index (χ0n) is 16.8. The van der Waals surface area contributed by atoms with Gasteiger partial charge < -0.3 is 15.3 Å². The highest BCUT2D eigenvalue weighted by molar-refractivity contribution is 6.08. The second kappa shape index (κ2) is 10.2. The lowest BCUT2D eigenvalue weighted by atomic mass is 10.1. The standard InChI is InChI=1S/C22H23N3O5/c1-14(26)17-10-6-15(7-11-17)4-5-16-8-12-18(13-9-16)22(29)25(3)19(20(27)23-2)21(28)24-30/h6-14,19,26,30H,1-3H3,(H,23,27)(H,24,28). The number of aliphatic hydroxyl groups excluding tert-OH is 1. The molecule has 3 amide bonds. The Labute approximate surface area is 174 Å². The first-order valence-electron chi connectivity index (χ1n) is 9.11. The average Bonchev–Trinajstić information content (AvgIpc) is 2.77. The molecule has 0 radical (unpaired) electrons. The fourth-order valence-electron chi connectivity index (χ4n) is 2.68. The van der Waals surface area contributed by atoms with Crippen LogP contribution < -0.4 is 10.8 Å². The third kappa shape index (κ3) is 5.44. The van der Waals surface area contributed by atoms with Crippen molar-refractivity contribution in [2.24, 2.45) is 0 Å². The second-order valence-corrected chi connectivity index (χ2v) is 6.53. The summed E-state index contributed by atoms with van der Waals surface area (Å²) in [5.74, 6) is 3.66. The Kier molecular flexibility index (Phi) is 7.69. The van der Waals surface area contributed by atoms with Gasteiger partial charge in [0.25, 0.3) is 17.7 Å². The zero-order chi connectivity index (χ0) is 22.3. The van der Waals surface area contributed by atoms with Gasteiger partial charge >= 0.3 is 0 Å². The summed E-state index contributed by atoms with van der Waals surface area (Å²) in [6.07, 6.45) is -0.540. The number of rotatable bonds is 5. The molecule has 0 heterocycles. The van der Waals surface area contributed by atoms with Gasteiger partial charge in [0.05, 0.1) is 6.10 Å². The smallest absolute Gasteiger partial charge is 0.275 e. The lowest BCUT2D eigenvalue weighted by Gasteiger charge is -2.25. The zero-order valence-corrected chi connectivity index (χ0v) is 16.8. The van der Waals surface area contributed by atoms with E-state index in [9.17, 15) is 19.5 Å². The summed E-state index contributed by atoms with van der Waals surface area (Å²) >= 11 is 0. The van der Waals surface area contributed by atoms with Crippen LogP contribution >= 0.6 is 0 Å². The molecular formula is C22H23N3O5. The molecule has 2 aromatic carbocycles. The minimum Gasteiger partial charge on any atom is -0.389 e. The normalized spacial score (nSPS) is 12.0. The summed E-state index contributed by atoms with van der Waals surface area (Å²) in [7, 11) is 2.62. The third-order valence-electron chi connectivity index (χ3n) is 4.44. The van der Waals surface area contributed by atoms with Crippen LogP contribution in [0.15, 0.2) is 48.5 Å². The molecule has 2 aromatic rings. The number of hydrogen-bond donors (Lipinski definition) is 4. The topological polar surface area (TPSA) is 119 Å². The number of carbonyl (C=O) groups is 3. The molecule has 2 atom stereocenters. The number of carbonyl (C=O) groups excluding carboxylic acids is 3. The van der Waals surface area contributed by atoms with Crippen molar-refractivity contribution in [2.75, 3.05) is 14.1 Å². The first-order chi connectivity index (χ1) is 14.3. The van der Waals surface area contributed by atoms with Crippen molar-refractivity contribution in [3.8, 4) is 11.8 Å². The largest absolute Gasteiger partial charge is 0.389 e. The number of likely N-dealkylation sites (N-methyl/N-ethyl adjacent to an activating group) is 2. The summed E-state index contributed by atoms with van der Waals surface area (Å²) in [5.41, 5.74) is 3.90. The number of amides is 3. The van der Waals surface area contributed by atoms with Gasteiger partial charge in [-0.05, 0) is 48.9 Å². The van der Waals surface area contributed by atoms with Crippen molar-refractivity contribution < 1.29 is 24.7 Å². The van der Waals surface area contributed by atoms with E-state index >= 15 is 0 Å². The predicted molar refractivity (Wildman–Crippen MR) is 109 cm³/mol. The maximum Gasteiger partial charge on any atom is 0.275 e. The molecule has 8 heteroatoms. The molecule has 0 saturated heterocycles. The van der Waals surface area contributed by atoms with Gasteiger partial charge in [-0.2, -0.15) is 0 Å². The van der Waals surface area contributed by atoms with Gasteiger partial charge in [-0.25, -0.2) is 5.48 Å². The minimum absolute atomic E-state index is 0.254. The second-order valence-electron chi connectivity index (χ2n) is 6.53. The number of aliphatic hydroxyl groups is 1. The summed E-state index contributed by atoms with van der Waals surface area (Å²) in [6.45, 7) is 1.69. The SMILES string of the molecule is CNC(=O)C(C(=O)NO)N(C)C(=O)c1ccc(C#Cc2ccc(C(C)O)cc2)cc1. The molecule has 30 heavy (non-hydrogen) atoms. The van der Waals surface area contributed by atoms with E-state index in [1.165, 1.54) is 31.7 Å². The van der Waals surface area contributed by atoms with E-state index in [1.54, 1.807) is 31.2 Å². The molecular weight excluding hydrogens is 386 g/mol. The molecule has 0 saturated carbocycles. The highest BCUT2D eigenvalue weighted by Gasteiger charge is 2.33. The number of hydroxylamine groups is 1. The molecule has 4 N–H and O–H groups in total. The maximum atomic E-state index is 12.6. The fourth-order valence-corrected chi connectivity index (χ4v) is 2.68. The van der Waals surface area contributed by atoms with Crippen molar-refractivity contribution in [3.63, 3.8) is 0 Å². The van der Waals surface area contributed by atoms with E-state index in [4.69, 9.17) is 5.21 Å². The van der Waals surface area contributed by atoms with Crippen LogP contribution in [0.2, 0.25) is 0 Å². The first-order valence-corrected chi connectivity index (χ1v) is 9.11. The summed E-state index contributed by atoms with van der Waals surface area (Å²) in [6, 6.07) is 12.1. The minimum atomic E-state index is -1.52. The number of benzene rings is 2. The van der Waals surface area contributed by atoms with E-state index in [0.717, 1.165) is 16.0 Å². The van der Waals surface area contributed by atoms with Crippen LogP contribution in [-0.4, -0.2) is 53.1 Å². The molecule has 2 unspecified atom stereocenters. The van der Waals surface area contributed by atoms with E-state index in [2.05, 4.69) is 17.2 Å². The molecule has 0 fully saturated rings. The predicted octanol–water partition coefficient (Wildman–Crippen LogP) is 0.832. The summed E-state index contributed by atoms with van der Waals surface area (Å²) in [5, 5.41) is 20.7. The van der Waals surface area contributed by atoms with Gasteiger partial charge in [0.2, 0.25) is 0 Å². The van der Waals surface area contributed by atoms with E-state index in [-0.39, 0.29) is 5.56 Å². The molecule has 156 valence electrons. The lowest BCUT2D eigenvalue weighted by molar-refractivity contribution is -0.140. The van der Waals surface area contributed by atoms with Gasteiger partial charge in [-0.1, -0.05) is 24.0 Å². The van der Waals surface area contributed by atoms with Gasteiger partial charge in [-0.15, -0.1) is 0 Å². The molecule has 2 rings (SSSR count). The van der Waals surface area contributed by atoms with Crippen LogP contribution in [0.5, 0.6) is 0 Å². The van der Waals surface area contributed by atoms with Gasteiger partial charge in [-0.3, -0.25) is 19.6 Å². The molecule has 0 spiro atoms. The van der Waals surface area contributed by atoms with Crippen LogP contribution in [0.3, 0.4) is 0 Å². The maximum absolute atomic E-state index is 12.6. The summed E-state index contributed by atoms with van der Waals surface area (Å²) < 4.78 is 0. The van der Waals surface area contributed by atoms with Crippen LogP contribution in [0.25, 0.3) is 0 Å². The van der Waals surface area contributed by atoms with Crippen molar-refractivity contribution in [3.05, 3.63) is 70.8 Å². The summed E-state index contributed by atoms with van der Waals surface area (Å²) in [4.78, 5) is 37.3. The van der Waals surface area contributed by atoms with Crippen LogP contribution in [-0.2, 0) is 9.59 Å². The van der Waals surface area contributed by atoms with E-state index in [1.807, 2.05) is 12.1 Å². The molecule has 0 aliphatic heterocycles. The molecule has 8 nitrogen and oxygen atoms in total. The average molecular weight is 409 g/mol. The lowest BCUT2D eigenvalue weighted by Crippen LogP contribution is -2.54. The van der Waals surface area contributed by atoms with Gasteiger partial charge in [0.15, 0.2) is 6.04 Å². The number of nitrogens with zero attached hydrogens (tertiary/aromatic N) is 1. The Morgan fingerprint density at radius 1 is 0.933 bits per heavy atom. The Hall–Kier alpha value is -3.67. The Morgan fingerprint density at radius 3 is 1.87 bits per heavy atom. The quantitative estimate of drug-likeness (QED) is 0.252. The van der Waals surface area contributed by atoms with Crippen molar-refractivity contribution in [1.29, 1.82) is 0 Å². The van der Waals surface area contributed by atoms with Crippen LogP contribution in [0.4, 0.5) is 0 Å². The third-order valence-corrected chi connectivity index (χ3v) is 4.44. The molecule has 0 aliphatic carbocycles.